The summed E-state index contributed by atoms with van der Waals surface area (Å²) in [5.41, 5.74) is 1.47. The zero-order chi connectivity index (χ0) is 14.0. The minimum atomic E-state index is -0.400. The number of rotatable bonds is 3. The first-order valence-electron chi connectivity index (χ1n) is 6.14. The van der Waals surface area contributed by atoms with Crippen LogP contribution in [0.25, 0.3) is 10.9 Å². The molecule has 0 aliphatic heterocycles. The SMILES string of the molecule is CC(C)(C)CNc1ccc([N+](=O)[O-])c2ncccc12. The maximum atomic E-state index is 11.0. The van der Waals surface area contributed by atoms with Crippen LogP contribution < -0.4 is 5.32 Å². The molecule has 0 saturated carbocycles. The van der Waals surface area contributed by atoms with Crippen LogP contribution in [0.5, 0.6) is 0 Å². The largest absolute Gasteiger partial charge is 0.384 e. The van der Waals surface area contributed by atoms with Gasteiger partial charge in [0.25, 0.3) is 5.69 Å². The first-order valence-corrected chi connectivity index (χ1v) is 6.14. The highest BCUT2D eigenvalue weighted by Crippen LogP contribution is 2.30. The first-order chi connectivity index (χ1) is 8.88. The number of aromatic nitrogens is 1. The standard InChI is InChI=1S/C14H17N3O2/c1-14(2,3)9-16-11-6-7-12(17(18)19)13-10(11)5-4-8-15-13/h4-8,16H,9H2,1-3H3. The van der Waals surface area contributed by atoms with Crippen LogP contribution in [-0.4, -0.2) is 16.5 Å². The molecule has 1 aromatic carbocycles. The maximum Gasteiger partial charge on any atom is 0.295 e. The summed E-state index contributed by atoms with van der Waals surface area (Å²) in [6.45, 7) is 7.18. The van der Waals surface area contributed by atoms with E-state index in [1.807, 2.05) is 6.07 Å². The molecule has 0 unspecified atom stereocenters. The van der Waals surface area contributed by atoms with Crippen LogP contribution >= 0.6 is 0 Å². The van der Waals surface area contributed by atoms with Gasteiger partial charge in [-0.05, 0) is 23.6 Å². The molecule has 0 radical (unpaired) electrons. The van der Waals surface area contributed by atoms with Gasteiger partial charge < -0.3 is 5.32 Å². The van der Waals surface area contributed by atoms with Crippen LogP contribution in [0.15, 0.2) is 30.5 Å². The lowest BCUT2D eigenvalue weighted by Crippen LogP contribution is -2.19. The van der Waals surface area contributed by atoms with Gasteiger partial charge in [0, 0.05) is 29.9 Å². The second-order valence-corrected chi connectivity index (χ2v) is 5.70. The Morgan fingerprint density at radius 3 is 2.68 bits per heavy atom. The summed E-state index contributed by atoms with van der Waals surface area (Å²) in [5.74, 6) is 0. The quantitative estimate of drug-likeness (QED) is 0.675. The molecule has 1 aromatic heterocycles. The summed E-state index contributed by atoms with van der Waals surface area (Å²) in [5, 5.41) is 15.1. The highest BCUT2D eigenvalue weighted by atomic mass is 16.6. The molecule has 2 aromatic rings. The molecule has 0 aliphatic rings. The summed E-state index contributed by atoms with van der Waals surface area (Å²) in [6.07, 6.45) is 1.57. The van der Waals surface area contributed by atoms with Crippen molar-refractivity contribution in [2.75, 3.05) is 11.9 Å². The highest BCUT2D eigenvalue weighted by molar-refractivity contribution is 5.96. The Labute approximate surface area is 111 Å². The lowest BCUT2D eigenvalue weighted by Gasteiger charge is -2.20. The third-order valence-electron chi connectivity index (χ3n) is 2.75. The minimum absolute atomic E-state index is 0.0388. The number of benzene rings is 1. The molecule has 0 fully saturated rings. The Kier molecular flexibility index (Phi) is 3.38. The van der Waals surface area contributed by atoms with Crippen molar-refractivity contribution < 1.29 is 4.92 Å². The monoisotopic (exact) mass is 259 g/mol. The predicted octanol–water partition coefficient (Wildman–Crippen LogP) is 3.60. The lowest BCUT2D eigenvalue weighted by molar-refractivity contribution is -0.383. The molecule has 1 N–H and O–H groups in total. The van der Waals surface area contributed by atoms with E-state index < -0.39 is 4.92 Å². The lowest BCUT2D eigenvalue weighted by atomic mass is 9.96. The van der Waals surface area contributed by atoms with Crippen LogP contribution in [0, 0.1) is 15.5 Å². The zero-order valence-electron chi connectivity index (χ0n) is 11.3. The van der Waals surface area contributed by atoms with Crippen LogP contribution in [0.4, 0.5) is 11.4 Å². The van der Waals surface area contributed by atoms with E-state index in [1.165, 1.54) is 6.07 Å². The Balaban J connectivity index is 2.47. The van der Waals surface area contributed by atoms with Crippen molar-refractivity contribution in [3.8, 4) is 0 Å². The molecular formula is C14H17N3O2. The minimum Gasteiger partial charge on any atom is -0.384 e. The summed E-state index contributed by atoms with van der Waals surface area (Å²) in [4.78, 5) is 14.7. The van der Waals surface area contributed by atoms with Gasteiger partial charge in [0.15, 0.2) is 0 Å². The smallest absolute Gasteiger partial charge is 0.295 e. The fourth-order valence-electron chi connectivity index (χ4n) is 1.82. The number of nitro groups is 1. The van der Waals surface area contributed by atoms with Crippen molar-refractivity contribution in [2.24, 2.45) is 5.41 Å². The molecular weight excluding hydrogens is 242 g/mol. The van der Waals surface area contributed by atoms with Crippen molar-refractivity contribution >= 4 is 22.3 Å². The van der Waals surface area contributed by atoms with E-state index in [1.54, 1.807) is 18.3 Å². The van der Waals surface area contributed by atoms with Gasteiger partial charge in [0.05, 0.1) is 4.92 Å². The van der Waals surface area contributed by atoms with E-state index in [2.05, 4.69) is 31.1 Å². The van der Waals surface area contributed by atoms with Crippen molar-refractivity contribution in [2.45, 2.75) is 20.8 Å². The zero-order valence-corrected chi connectivity index (χ0v) is 11.3. The summed E-state index contributed by atoms with van der Waals surface area (Å²) >= 11 is 0. The first kappa shape index (κ1) is 13.3. The molecule has 0 atom stereocenters. The average Bonchev–Trinajstić information content (AvgIpc) is 2.34. The number of non-ortho nitro benzene ring substituents is 1. The van der Waals surface area contributed by atoms with Crippen molar-refractivity contribution in [1.82, 2.24) is 4.98 Å². The van der Waals surface area contributed by atoms with Gasteiger partial charge in [-0.3, -0.25) is 10.1 Å². The van der Waals surface area contributed by atoms with E-state index in [0.717, 1.165) is 17.6 Å². The van der Waals surface area contributed by atoms with Gasteiger partial charge in [0.2, 0.25) is 0 Å². The predicted molar refractivity (Wildman–Crippen MR) is 76.3 cm³/mol. The molecule has 0 aliphatic carbocycles. The van der Waals surface area contributed by atoms with Gasteiger partial charge in [-0.15, -0.1) is 0 Å². The second-order valence-electron chi connectivity index (χ2n) is 5.70. The average molecular weight is 259 g/mol. The second kappa shape index (κ2) is 4.84. The number of hydrogen-bond donors (Lipinski definition) is 1. The van der Waals surface area contributed by atoms with Crippen molar-refractivity contribution in [3.63, 3.8) is 0 Å². The van der Waals surface area contributed by atoms with Crippen LogP contribution in [0.2, 0.25) is 0 Å². The normalized spacial score (nSPS) is 11.5. The van der Waals surface area contributed by atoms with E-state index in [-0.39, 0.29) is 11.1 Å². The maximum absolute atomic E-state index is 11.0. The van der Waals surface area contributed by atoms with Crippen molar-refractivity contribution in [1.29, 1.82) is 0 Å². The molecule has 0 amide bonds. The Morgan fingerprint density at radius 1 is 1.32 bits per heavy atom. The third-order valence-corrected chi connectivity index (χ3v) is 2.75. The van der Waals surface area contributed by atoms with E-state index >= 15 is 0 Å². The van der Waals surface area contributed by atoms with Gasteiger partial charge in [-0.25, -0.2) is 4.98 Å². The Bertz CT molecular complexity index is 618. The molecule has 100 valence electrons. The molecule has 2 rings (SSSR count). The molecule has 0 spiro atoms. The van der Waals surface area contributed by atoms with Crippen molar-refractivity contribution in [3.05, 3.63) is 40.6 Å². The Hall–Kier alpha value is -2.17. The van der Waals surface area contributed by atoms with Crippen LogP contribution in [0.1, 0.15) is 20.8 Å². The van der Waals surface area contributed by atoms with Crippen LogP contribution in [-0.2, 0) is 0 Å². The number of fused-ring (bicyclic) bond motifs is 1. The third kappa shape index (κ3) is 2.99. The molecule has 5 nitrogen and oxygen atoms in total. The number of nitrogens with zero attached hydrogens (tertiary/aromatic N) is 2. The number of anilines is 1. The highest BCUT2D eigenvalue weighted by Gasteiger charge is 2.16. The van der Waals surface area contributed by atoms with Gasteiger partial charge in [0.1, 0.15) is 5.52 Å². The fraction of sp³-hybridized carbons (Fsp3) is 0.357. The van der Waals surface area contributed by atoms with E-state index in [4.69, 9.17) is 0 Å². The topological polar surface area (TPSA) is 68.1 Å². The number of nitrogens with one attached hydrogen (secondary N) is 1. The molecule has 1 heterocycles. The van der Waals surface area contributed by atoms with Gasteiger partial charge in [-0.1, -0.05) is 20.8 Å². The summed E-state index contributed by atoms with van der Waals surface area (Å²) in [7, 11) is 0. The summed E-state index contributed by atoms with van der Waals surface area (Å²) < 4.78 is 0. The fourth-order valence-corrected chi connectivity index (χ4v) is 1.82. The number of hydrogen-bond acceptors (Lipinski definition) is 4. The van der Waals surface area contributed by atoms with E-state index in [9.17, 15) is 10.1 Å². The number of pyridine rings is 1. The van der Waals surface area contributed by atoms with Crippen LogP contribution in [0.3, 0.4) is 0 Å². The number of nitro benzene ring substituents is 1. The Morgan fingerprint density at radius 2 is 2.05 bits per heavy atom. The molecule has 0 saturated heterocycles. The van der Waals surface area contributed by atoms with Gasteiger partial charge >= 0.3 is 0 Å². The van der Waals surface area contributed by atoms with E-state index in [0.29, 0.717) is 5.52 Å². The molecule has 0 bridgehead atoms. The molecule has 19 heavy (non-hydrogen) atoms. The molecule has 5 heteroatoms. The van der Waals surface area contributed by atoms with Gasteiger partial charge in [-0.2, -0.15) is 0 Å². The summed E-state index contributed by atoms with van der Waals surface area (Å²) in [6, 6.07) is 6.88.